The second kappa shape index (κ2) is 10.0. The number of likely N-dealkylation sites (tertiary alicyclic amines) is 1. The minimum Gasteiger partial charge on any atom is -0.379 e. The zero-order chi connectivity index (χ0) is 20.6. The predicted octanol–water partition coefficient (Wildman–Crippen LogP) is 2.99. The Morgan fingerprint density at radius 2 is 1.83 bits per heavy atom. The van der Waals surface area contributed by atoms with Crippen LogP contribution in [0.1, 0.15) is 42.5 Å². The molecule has 5 nitrogen and oxygen atoms in total. The van der Waals surface area contributed by atoms with Crippen molar-refractivity contribution >= 4 is 11.8 Å². The van der Waals surface area contributed by atoms with Crippen molar-refractivity contribution in [3.63, 3.8) is 0 Å². The molecule has 1 aliphatic heterocycles. The normalized spacial score (nSPS) is 17.4. The van der Waals surface area contributed by atoms with Gasteiger partial charge in [-0.3, -0.25) is 9.59 Å². The molecule has 2 N–H and O–H groups in total. The van der Waals surface area contributed by atoms with Crippen molar-refractivity contribution in [1.29, 1.82) is 0 Å². The third-order valence-corrected chi connectivity index (χ3v) is 5.25. The van der Waals surface area contributed by atoms with E-state index < -0.39 is 12.0 Å². The lowest BCUT2D eigenvalue weighted by Gasteiger charge is -2.25. The highest BCUT2D eigenvalue weighted by Gasteiger charge is 2.30. The second-order valence-corrected chi connectivity index (χ2v) is 7.34. The standard InChI is InChI=1S/C24H28N2O3/c1-2-7-22(27)24(29)25-17-23(28)26-15-6-10-21(26)20-13-11-19(12-14-20)16-18-8-4-3-5-9-18/h2-5,7-9,11-14,21-22,27H,6,10,15-17H2,1H3,(H,25,29)/b7-2-/t21?,22-/m0/s1. The van der Waals surface area contributed by atoms with Crippen LogP contribution >= 0.6 is 0 Å². The number of carbonyl (C=O) groups excluding carboxylic acids is 2. The van der Waals surface area contributed by atoms with Crippen LogP contribution in [0.15, 0.2) is 66.7 Å². The topological polar surface area (TPSA) is 69.6 Å². The lowest BCUT2D eigenvalue weighted by molar-refractivity contribution is -0.135. The van der Waals surface area contributed by atoms with Crippen molar-refractivity contribution in [1.82, 2.24) is 10.2 Å². The number of hydrogen-bond acceptors (Lipinski definition) is 3. The lowest BCUT2D eigenvalue weighted by Crippen LogP contribution is -2.42. The molecule has 0 aromatic heterocycles. The van der Waals surface area contributed by atoms with Crippen LogP contribution in [0.4, 0.5) is 0 Å². The van der Waals surface area contributed by atoms with Crippen molar-refractivity contribution in [3.8, 4) is 0 Å². The number of carbonyl (C=O) groups is 2. The largest absolute Gasteiger partial charge is 0.379 e. The molecule has 5 heteroatoms. The zero-order valence-electron chi connectivity index (χ0n) is 16.8. The molecular formula is C24H28N2O3. The zero-order valence-corrected chi connectivity index (χ0v) is 16.8. The van der Waals surface area contributed by atoms with Crippen molar-refractivity contribution in [3.05, 3.63) is 83.4 Å². The van der Waals surface area contributed by atoms with Gasteiger partial charge in [-0.05, 0) is 42.9 Å². The molecule has 1 heterocycles. The van der Waals surface area contributed by atoms with Crippen molar-refractivity contribution in [2.75, 3.05) is 13.1 Å². The first kappa shape index (κ1) is 20.8. The molecule has 1 aliphatic rings. The van der Waals surface area contributed by atoms with E-state index in [9.17, 15) is 14.7 Å². The van der Waals surface area contributed by atoms with Crippen LogP contribution in [0.5, 0.6) is 0 Å². The summed E-state index contributed by atoms with van der Waals surface area (Å²) in [7, 11) is 0. The molecule has 1 saturated heterocycles. The molecule has 29 heavy (non-hydrogen) atoms. The summed E-state index contributed by atoms with van der Waals surface area (Å²) in [6.07, 6.45) is 4.50. The molecule has 2 aromatic carbocycles. The Bertz CT molecular complexity index is 846. The number of aliphatic hydroxyl groups excluding tert-OH is 1. The van der Waals surface area contributed by atoms with Gasteiger partial charge in [-0.25, -0.2) is 0 Å². The maximum Gasteiger partial charge on any atom is 0.253 e. The molecule has 0 aliphatic carbocycles. The summed E-state index contributed by atoms with van der Waals surface area (Å²) in [6, 6.07) is 18.8. The highest BCUT2D eigenvalue weighted by atomic mass is 16.3. The van der Waals surface area contributed by atoms with Crippen molar-refractivity contribution in [2.45, 2.75) is 38.3 Å². The van der Waals surface area contributed by atoms with Gasteiger partial charge in [0.05, 0.1) is 12.6 Å². The van der Waals surface area contributed by atoms with Gasteiger partial charge in [-0.1, -0.05) is 66.7 Å². The highest BCUT2D eigenvalue weighted by Crippen LogP contribution is 2.32. The summed E-state index contributed by atoms with van der Waals surface area (Å²) >= 11 is 0. The number of aliphatic hydroxyl groups is 1. The average Bonchev–Trinajstić information content (AvgIpc) is 3.23. The van der Waals surface area contributed by atoms with Gasteiger partial charge >= 0.3 is 0 Å². The van der Waals surface area contributed by atoms with E-state index in [0.717, 1.165) is 24.8 Å². The third-order valence-electron chi connectivity index (χ3n) is 5.25. The summed E-state index contributed by atoms with van der Waals surface area (Å²) in [5.41, 5.74) is 3.63. The number of nitrogens with zero attached hydrogens (tertiary/aromatic N) is 1. The van der Waals surface area contributed by atoms with Crippen LogP contribution in [0, 0.1) is 0 Å². The number of hydrogen-bond donors (Lipinski definition) is 2. The van der Waals surface area contributed by atoms with E-state index >= 15 is 0 Å². The Balaban J connectivity index is 1.59. The summed E-state index contributed by atoms with van der Waals surface area (Å²) < 4.78 is 0. The van der Waals surface area contributed by atoms with Gasteiger partial charge in [0.1, 0.15) is 0 Å². The van der Waals surface area contributed by atoms with Crippen LogP contribution in [0.25, 0.3) is 0 Å². The molecule has 0 spiro atoms. The van der Waals surface area contributed by atoms with Crippen molar-refractivity contribution in [2.24, 2.45) is 0 Å². The Kier molecular flexibility index (Phi) is 7.19. The van der Waals surface area contributed by atoms with E-state index in [0.29, 0.717) is 6.54 Å². The molecule has 1 unspecified atom stereocenters. The summed E-state index contributed by atoms with van der Waals surface area (Å²) in [4.78, 5) is 26.3. The molecule has 0 saturated carbocycles. The maximum atomic E-state index is 12.6. The Morgan fingerprint density at radius 1 is 1.14 bits per heavy atom. The minimum absolute atomic E-state index is 0.0330. The van der Waals surface area contributed by atoms with Gasteiger partial charge in [0.25, 0.3) is 5.91 Å². The third kappa shape index (κ3) is 5.55. The minimum atomic E-state index is -1.22. The van der Waals surface area contributed by atoms with E-state index in [-0.39, 0.29) is 18.5 Å². The molecule has 2 aromatic rings. The summed E-state index contributed by atoms with van der Waals surface area (Å²) in [5.74, 6) is -0.681. The number of rotatable bonds is 7. The van der Waals surface area contributed by atoms with Crippen molar-refractivity contribution < 1.29 is 14.7 Å². The Morgan fingerprint density at radius 3 is 2.52 bits per heavy atom. The monoisotopic (exact) mass is 392 g/mol. The fraction of sp³-hybridized carbons (Fsp3) is 0.333. The number of benzene rings is 2. The van der Waals surface area contributed by atoms with E-state index in [4.69, 9.17) is 0 Å². The van der Waals surface area contributed by atoms with Gasteiger partial charge < -0.3 is 15.3 Å². The highest BCUT2D eigenvalue weighted by molar-refractivity contribution is 5.88. The van der Waals surface area contributed by atoms with Crippen LogP contribution in [-0.4, -0.2) is 41.0 Å². The van der Waals surface area contributed by atoms with E-state index in [1.54, 1.807) is 13.0 Å². The molecule has 3 rings (SSSR count). The number of allylic oxidation sites excluding steroid dienone is 1. The van der Waals surface area contributed by atoms with Crippen LogP contribution in [-0.2, 0) is 16.0 Å². The quantitative estimate of drug-likeness (QED) is 0.712. The lowest BCUT2D eigenvalue weighted by atomic mass is 9.99. The molecule has 152 valence electrons. The predicted molar refractivity (Wildman–Crippen MR) is 113 cm³/mol. The Hall–Kier alpha value is -2.92. The number of amides is 2. The van der Waals surface area contributed by atoms with Gasteiger partial charge in [0.15, 0.2) is 6.10 Å². The summed E-state index contributed by atoms with van der Waals surface area (Å²) in [5, 5.41) is 12.2. The van der Waals surface area contributed by atoms with Crippen LogP contribution in [0.2, 0.25) is 0 Å². The Labute approximate surface area is 172 Å². The SMILES string of the molecule is C/C=C\[C@H](O)C(=O)NCC(=O)N1CCCC1c1ccc(Cc2ccccc2)cc1. The molecule has 0 bridgehead atoms. The van der Waals surface area contributed by atoms with E-state index in [2.05, 4.69) is 41.7 Å². The molecule has 2 amide bonds. The van der Waals surface area contributed by atoms with Gasteiger partial charge in [0.2, 0.25) is 5.91 Å². The molecule has 1 fully saturated rings. The van der Waals surface area contributed by atoms with Gasteiger partial charge in [0, 0.05) is 6.54 Å². The maximum absolute atomic E-state index is 12.6. The average molecular weight is 392 g/mol. The van der Waals surface area contributed by atoms with Gasteiger partial charge in [-0.2, -0.15) is 0 Å². The first-order valence-electron chi connectivity index (χ1n) is 10.1. The van der Waals surface area contributed by atoms with E-state index in [1.807, 2.05) is 23.1 Å². The fourth-order valence-corrected chi connectivity index (χ4v) is 3.74. The smallest absolute Gasteiger partial charge is 0.253 e. The fourth-order valence-electron chi connectivity index (χ4n) is 3.74. The first-order chi connectivity index (χ1) is 14.1. The first-order valence-corrected chi connectivity index (χ1v) is 10.1. The molecule has 2 atom stereocenters. The van der Waals surface area contributed by atoms with E-state index in [1.165, 1.54) is 17.2 Å². The van der Waals surface area contributed by atoms with Gasteiger partial charge in [-0.15, -0.1) is 0 Å². The second-order valence-electron chi connectivity index (χ2n) is 7.34. The van der Waals surface area contributed by atoms with Crippen LogP contribution < -0.4 is 5.32 Å². The number of nitrogens with one attached hydrogen (secondary N) is 1. The molecular weight excluding hydrogens is 364 g/mol. The summed E-state index contributed by atoms with van der Waals surface area (Å²) in [6.45, 7) is 2.31. The van der Waals surface area contributed by atoms with Crippen LogP contribution in [0.3, 0.4) is 0 Å². The molecule has 0 radical (unpaired) electrons.